The molecule has 1 rings (SSSR count). The van der Waals surface area contributed by atoms with Crippen LogP contribution < -0.4 is 15.0 Å². The summed E-state index contributed by atoms with van der Waals surface area (Å²) in [4.78, 5) is 2.25. The van der Waals surface area contributed by atoms with Gasteiger partial charge < -0.3 is 19.7 Å². The predicted molar refractivity (Wildman–Crippen MR) is 80.2 cm³/mol. The van der Waals surface area contributed by atoms with E-state index in [1.54, 1.807) is 14.2 Å². The van der Waals surface area contributed by atoms with Gasteiger partial charge in [-0.2, -0.15) is 0 Å². The third-order valence-corrected chi connectivity index (χ3v) is 3.38. The molecule has 4 heteroatoms. The van der Waals surface area contributed by atoms with E-state index >= 15 is 0 Å². The second kappa shape index (κ2) is 8.02. The van der Waals surface area contributed by atoms with Gasteiger partial charge in [0, 0.05) is 44.6 Å². The first-order valence-corrected chi connectivity index (χ1v) is 6.70. The Morgan fingerprint density at radius 3 is 2.63 bits per heavy atom. The fourth-order valence-corrected chi connectivity index (χ4v) is 2.19. The standard InChI is InChI=1S/C15H26N2O2/c1-12(16-2)15-13(8-6-9-14(15)19-5)17(3)10-7-11-18-4/h6,8-9,12,16H,7,10-11H2,1-5H3. The molecule has 0 aliphatic heterocycles. The summed E-state index contributed by atoms with van der Waals surface area (Å²) in [6, 6.07) is 6.43. The van der Waals surface area contributed by atoms with Crippen LogP contribution in [0.1, 0.15) is 24.9 Å². The molecule has 0 amide bonds. The third kappa shape index (κ3) is 4.11. The summed E-state index contributed by atoms with van der Waals surface area (Å²) in [5.74, 6) is 0.929. The molecular weight excluding hydrogens is 240 g/mol. The number of anilines is 1. The van der Waals surface area contributed by atoms with Crippen LogP contribution in [0.25, 0.3) is 0 Å². The number of benzene rings is 1. The Balaban J connectivity index is 2.98. The van der Waals surface area contributed by atoms with Crippen molar-refractivity contribution < 1.29 is 9.47 Å². The molecule has 1 N–H and O–H groups in total. The predicted octanol–water partition coefficient (Wildman–Crippen LogP) is 2.45. The molecular formula is C15H26N2O2. The number of nitrogens with one attached hydrogen (secondary N) is 1. The van der Waals surface area contributed by atoms with Crippen LogP contribution in [0.3, 0.4) is 0 Å². The Hall–Kier alpha value is -1.26. The number of hydrogen-bond donors (Lipinski definition) is 1. The van der Waals surface area contributed by atoms with Crippen LogP contribution in [0.2, 0.25) is 0 Å². The van der Waals surface area contributed by atoms with E-state index in [0.717, 1.165) is 25.3 Å². The van der Waals surface area contributed by atoms with Gasteiger partial charge in [0.15, 0.2) is 0 Å². The van der Waals surface area contributed by atoms with Crippen LogP contribution in [0.15, 0.2) is 18.2 Å². The summed E-state index contributed by atoms with van der Waals surface area (Å²) >= 11 is 0. The number of rotatable bonds is 8. The summed E-state index contributed by atoms with van der Waals surface area (Å²) in [6.07, 6.45) is 1.01. The number of nitrogens with zero attached hydrogens (tertiary/aromatic N) is 1. The van der Waals surface area contributed by atoms with E-state index in [1.807, 2.05) is 19.2 Å². The van der Waals surface area contributed by atoms with Crippen molar-refractivity contribution >= 4 is 5.69 Å². The summed E-state index contributed by atoms with van der Waals surface area (Å²) < 4.78 is 10.6. The minimum Gasteiger partial charge on any atom is -0.496 e. The smallest absolute Gasteiger partial charge is 0.125 e. The van der Waals surface area contributed by atoms with Gasteiger partial charge >= 0.3 is 0 Å². The zero-order valence-electron chi connectivity index (χ0n) is 12.7. The van der Waals surface area contributed by atoms with Crippen molar-refractivity contribution in [3.05, 3.63) is 23.8 Å². The quantitative estimate of drug-likeness (QED) is 0.733. The van der Waals surface area contributed by atoms with Crippen LogP contribution in [0, 0.1) is 0 Å². The second-order valence-electron chi connectivity index (χ2n) is 4.67. The SMILES string of the molecule is CNC(C)c1c(OC)cccc1N(C)CCCOC. The fraction of sp³-hybridized carbons (Fsp3) is 0.600. The molecule has 0 aromatic heterocycles. The van der Waals surface area contributed by atoms with Gasteiger partial charge in [-0.05, 0) is 32.5 Å². The number of methoxy groups -OCH3 is 2. The molecule has 0 aliphatic rings. The molecule has 4 nitrogen and oxygen atoms in total. The van der Waals surface area contributed by atoms with E-state index < -0.39 is 0 Å². The van der Waals surface area contributed by atoms with Crippen molar-refractivity contribution in [1.29, 1.82) is 0 Å². The van der Waals surface area contributed by atoms with Gasteiger partial charge in [0.25, 0.3) is 0 Å². The lowest BCUT2D eigenvalue weighted by molar-refractivity contribution is 0.196. The lowest BCUT2D eigenvalue weighted by Crippen LogP contribution is -2.24. The Morgan fingerprint density at radius 1 is 1.32 bits per heavy atom. The number of hydrogen-bond acceptors (Lipinski definition) is 4. The van der Waals surface area contributed by atoms with Crippen molar-refractivity contribution in [2.45, 2.75) is 19.4 Å². The van der Waals surface area contributed by atoms with Gasteiger partial charge in [-0.1, -0.05) is 6.07 Å². The zero-order chi connectivity index (χ0) is 14.3. The highest BCUT2D eigenvalue weighted by atomic mass is 16.5. The molecule has 1 aromatic carbocycles. The Morgan fingerprint density at radius 2 is 2.05 bits per heavy atom. The van der Waals surface area contributed by atoms with E-state index in [9.17, 15) is 0 Å². The summed E-state index contributed by atoms with van der Waals surface area (Å²) in [5, 5.41) is 3.29. The molecule has 108 valence electrons. The van der Waals surface area contributed by atoms with Crippen molar-refractivity contribution in [1.82, 2.24) is 5.32 Å². The third-order valence-electron chi connectivity index (χ3n) is 3.38. The second-order valence-corrected chi connectivity index (χ2v) is 4.67. The van der Waals surface area contributed by atoms with Crippen LogP contribution in [-0.4, -0.2) is 41.5 Å². The summed E-state index contributed by atoms with van der Waals surface area (Å²) in [5.41, 5.74) is 2.41. The molecule has 0 saturated heterocycles. The highest BCUT2D eigenvalue weighted by molar-refractivity contribution is 5.60. The average Bonchev–Trinajstić information content (AvgIpc) is 2.45. The minimum atomic E-state index is 0.246. The minimum absolute atomic E-state index is 0.246. The normalized spacial score (nSPS) is 12.3. The van der Waals surface area contributed by atoms with E-state index in [-0.39, 0.29) is 6.04 Å². The van der Waals surface area contributed by atoms with Crippen LogP contribution in [0.5, 0.6) is 5.75 Å². The van der Waals surface area contributed by atoms with Crippen LogP contribution in [0.4, 0.5) is 5.69 Å². The molecule has 0 saturated carbocycles. The molecule has 1 aromatic rings. The maximum absolute atomic E-state index is 5.49. The average molecular weight is 266 g/mol. The van der Waals surface area contributed by atoms with Crippen LogP contribution in [-0.2, 0) is 4.74 Å². The Bertz CT molecular complexity index is 382. The molecule has 0 fully saturated rings. The van der Waals surface area contributed by atoms with E-state index in [2.05, 4.69) is 30.3 Å². The zero-order valence-corrected chi connectivity index (χ0v) is 12.7. The molecule has 0 aliphatic carbocycles. The first kappa shape index (κ1) is 15.8. The first-order chi connectivity index (χ1) is 9.15. The first-order valence-electron chi connectivity index (χ1n) is 6.70. The highest BCUT2D eigenvalue weighted by Crippen LogP contribution is 2.34. The topological polar surface area (TPSA) is 33.7 Å². The molecule has 0 radical (unpaired) electrons. The molecule has 0 bridgehead atoms. The van der Waals surface area contributed by atoms with Gasteiger partial charge in [-0.25, -0.2) is 0 Å². The van der Waals surface area contributed by atoms with Gasteiger partial charge in [0.2, 0.25) is 0 Å². The molecule has 0 spiro atoms. The molecule has 19 heavy (non-hydrogen) atoms. The van der Waals surface area contributed by atoms with E-state index in [0.29, 0.717) is 0 Å². The highest BCUT2D eigenvalue weighted by Gasteiger charge is 2.17. The van der Waals surface area contributed by atoms with Crippen molar-refractivity contribution in [3.63, 3.8) is 0 Å². The van der Waals surface area contributed by atoms with Crippen molar-refractivity contribution in [2.75, 3.05) is 46.4 Å². The lowest BCUT2D eigenvalue weighted by atomic mass is 10.0. The monoisotopic (exact) mass is 266 g/mol. The fourth-order valence-electron chi connectivity index (χ4n) is 2.19. The number of ether oxygens (including phenoxy) is 2. The van der Waals surface area contributed by atoms with Gasteiger partial charge in [-0.15, -0.1) is 0 Å². The summed E-state index contributed by atoms with van der Waals surface area (Å²) in [7, 11) is 7.53. The van der Waals surface area contributed by atoms with E-state index in [1.165, 1.54) is 11.3 Å². The molecule has 0 heterocycles. The lowest BCUT2D eigenvalue weighted by Gasteiger charge is -2.26. The summed E-state index contributed by atoms with van der Waals surface area (Å²) in [6.45, 7) is 3.89. The van der Waals surface area contributed by atoms with Crippen LogP contribution >= 0.6 is 0 Å². The van der Waals surface area contributed by atoms with E-state index in [4.69, 9.17) is 9.47 Å². The maximum atomic E-state index is 5.49. The van der Waals surface area contributed by atoms with Gasteiger partial charge in [0.1, 0.15) is 5.75 Å². The van der Waals surface area contributed by atoms with Crippen molar-refractivity contribution in [3.8, 4) is 5.75 Å². The Kier molecular flexibility index (Phi) is 6.67. The molecule has 1 unspecified atom stereocenters. The van der Waals surface area contributed by atoms with Gasteiger partial charge in [0.05, 0.1) is 7.11 Å². The Labute approximate surface area is 116 Å². The van der Waals surface area contributed by atoms with Crippen molar-refractivity contribution in [2.24, 2.45) is 0 Å². The largest absolute Gasteiger partial charge is 0.496 e. The maximum Gasteiger partial charge on any atom is 0.125 e. The molecule has 1 atom stereocenters. The van der Waals surface area contributed by atoms with Gasteiger partial charge in [-0.3, -0.25) is 0 Å².